The lowest BCUT2D eigenvalue weighted by atomic mass is 9.84. The van der Waals surface area contributed by atoms with Gasteiger partial charge in [-0.25, -0.2) is 0 Å². The SMILES string of the molecule is CCN(CC)C(=O)C[C@@H]1OC[C@@H]2[C@H]1[C@H](CC(=O)N1CCCC1)CN2C1CCOCC1. The van der Waals surface area contributed by atoms with Crippen molar-refractivity contribution in [1.82, 2.24) is 14.7 Å². The largest absolute Gasteiger partial charge is 0.381 e. The molecule has 30 heavy (non-hydrogen) atoms. The Balaban J connectivity index is 1.48. The number of hydrogen-bond donors (Lipinski definition) is 0. The zero-order chi connectivity index (χ0) is 21.1. The van der Waals surface area contributed by atoms with E-state index in [-0.39, 0.29) is 23.8 Å². The second-order valence-corrected chi connectivity index (χ2v) is 9.38. The highest BCUT2D eigenvalue weighted by Gasteiger charge is 2.53. The Morgan fingerprint density at radius 2 is 1.73 bits per heavy atom. The van der Waals surface area contributed by atoms with Crippen LogP contribution < -0.4 is 0 Å². The molecule has 4 atom stereocenters. The quantitative estimate of drug-likeness (QED) is 0.627. The van der Waals surface area contributed by atoms with E-state index in [1.54, 1.807) is 0 Å². The summed E-state index contributed by atoms with van der Waals surface area (Å²) in [5.74, 6) is 1.03. The van der Waals surface area contributed by atoms with Gasteiger partial charge in [0.1, 0.15) is 0 Å². The summed E-state index contributed by atoms with van der Waals surface area (Å²) < 4.78 is 11.8. The van der Waals surface area contributed by atoms with Crippen LogP contribution in [-0.2, 0) is 19.1 Å². The molecule has 4 fully saturated rings. The van der Waals surface area contributed by atoms with Gasteiger partial charge in [0.15, 0.2) is 0 Å². The van der Waals surface area contributed by atoms with E-state index < -0.39 is 0 Å². The Morgan fingerprint density at radius 1 is 1.03 bits per heavy atom. The van der Waals surface area contributed by atoms with Gasteiger partial charge in [0.25, 0.3) is 0 Å². The molecule has 7 heteroatoms. The summed E-state index contributed by atoms with van der Waals surface area (Å²) in [6.45, 7) is 10.6. The zero-order valence-corrected chi connectivity index (χ0v) is 18.8. The second-order valence-electron chi connectivity index (χ2n) is 9.38. The molecule has 0 unspecified atom stereocenters. The fourth-order valence-corrected chi connectivity index (χ4v) is 6.18. The van der Waals surface area contributed by atoms with Crippen LogP contribution in [0.3, 0.4) is 0 Å². The number of amides is 2. The van der Waals surface area contributed by atoms with Crippen LogP contribution >= 0.6 is 0 Å². The Hall–Kier alpha value is -1.18. The van der Waals surface area contributed by atoms with Gasteiger partial charge in [-0.2, -0.15) is 0 Å². The predicted octanol–water partition coefficient (Wildman–Crippen LogP) is 1.75. The van der Waals surface area contributed by atoms with E-state index in [0.717, 1.165) is 71.6 Å². The number of nitrogens with zero attached hydrogens (tertiary/aromatic N) is 3. The van der Waals surface area contributed by atoms with Crippen molar-refractivity contribution >= 4 is 11.8 Å². The smallest absolute Gasteiger partial charge is 0.225 e. The predicted molar refractivity (Wildman–Crippen MR) is 114 cm³/mol. The Bertz CT molecular complexity index is 599. The normalized spacial score (nSPS) is 32.5. The standard InChI is InChI=1S/C23H39N3O4/c1-3-24(4-2)22(28)14-20-23-17(13-21(27)25-9-5-6-10-25)15-26(19(23)16-30-20)18-7-11-29-12-8-18/h17-20,23H,3-16H2,1-2H3/t17-,19-,20+,23-/m1/s1. The van der Waals surface area contributed by atoms with Crippen molar-refractivity contribution in [3.05, 3.63) is 0 Å². The molecule has 170 valence electrons. The molecule has 0 radical (unpaired) electrons. The average Bonchev–Trinajstić information content (AvgIpc) is 3.49. The summed E-state index contributed by atoms with van der Waals surface area (Å²) in [7, 11) is 0. The van der Waals surface area contributed by atoms with Crippen molar-refractivity contribution in [2.24, 2.45) is 11.8 Å². The minimum atomic E-state index is -0.0654. The molecule has 7 nitrogen and oxygen atoms in total. The fraction of sp³-hybridized carbons (Fsp3) is 0.913. The van der Waals surface area contributed by atoms with Gasteiger partial charge in [0.05, 0.1) is 19.1 Å². The third kappa shape index (κ3) is 4.53. The van der Waals surface area contributed by atoms with E-state index in [1.165, 1.54) is 0 Å². The molecule has 4 aliphatic heterocycles. The molecule has 4 aliphatic rings. The van der Waals surface area contributed by atoms with Gasteiger partial charge in [-0.15, -0.1) is 0 Å². The minimum Gasteiger partial charge on any atom is -0.381 e. The molecule has 0 bridgehead atoms. The highest BCUT2D eigenvalue weighted by atomic mass is 16.5. The third-order valence-electron chi connectivity index (χ3n) is 7.82. The maximum absolute atomic E-state index is 13.0. The van der Waals surface area contributed by atoms with Crippen LogP contribution in [0.4, 0.5) is 0 Å². The number of carbonyl (C=O) groups is 2. The van der Waals surface area contributed by atoms with Gasteiger partial charge < -0.3 is 19.3 Å². The van der Waals surface area contributed by atoms with Crippen molar-refractivity contribution in [1.29, 1.82) is 0 Å². The fourth-order valence-electron chi connectivity index (χ4n) is 6.18. The molecule has 4 heterocycles. The summed E-state index contributed by atoms with van der Waals surface area (Å²) in [6.07, 6.45) is 5.34. The lowest BCUT2D eigenvalue weighted by molar-refractivity contribution is -0.134. The number of likely N-dealkylation sites (tertiary alicyclic amines) is 2. The summed E-state index contributed by atoms with van der Waals surface area (Å²) in [5, 5.41) is 0. The maximum atomic E-state index is 13.0. The molecule has 0 saturated carbocycles. The van der Waals surface area contributed by atoms with Crippen LogP contribution in [0.5, 0.6) is 0 Å². The van der Waals surface area contributed by atoms with Crippen LogP contribution in [0.1, 0.15) is 52.4 Å². The van der Waals surface area contributed by atoms with Crippen molar-refractivity contribution in [3.8, 4) is 0 Å². The molecule has 0 aromatic carbocycles. The van der Waals surface area contributed by atoms with Crippen molar-refractivity contribution in [3.63, 3.8) is 0 Å². The van der Waals surface area contributed by atoms with Crippen LogP contribution in [0.15, 0.2) is 0 Å². The van der Waals surface area contributed by atoms with Crippen LogP contribution in [0, 0.1) is 11.8 Å². The van der Waals surface area contributed by atoms with E-state index in [0.29, 0.717) is 37.4 Å². The number of fused-ring (bicyclic) bond motifs is 1. The monoisotopic (exact) mass is 421 g/mol. The van der Waals surface area contributed by atoms with Crippen LogP contribution in [0.25, 0.3) is 0 Å². The van der Waals surface area contributed by atoms with Gasteiger partial charge in [0.2, 0.25) is 11.8 Å². The molecule has 4 saturated heterocycles. The number of carbonyl (C=O) groups excluding carboxylic acids is 2. The van der Waals surface area contributed by atoms with Crippen LogP contribution in [0.2, 0.25) is 0 Å². The first-order valence-electron chi connectivity index (χ1n) is 12.1. The molecule has 0 spiro atoms. The summed E-state index contributed by atoms with van der Waals surface area (Å²) in [5.41, 5.74) is 0. The lowest BCUT2D eigenvalue weighted by Gasteiger charge is -2.34. The van der Waals surface area contributed by atoms with E-state index in [4.69, 9.17) is 9.47 Å². The first-order chi connectivity index (χ1) is 14.6. The molecule has 2 amide bonds. The molecule has 0 aliphatic carbocycles. The number of ether oxygens (including phenoxy) is 2. The molecule has 0 aromatic rings. The number of rotatable bonds is 7. The van der Waals surface area contributed by atoms with Gasteiger partial charge in [-0.1, -0.05) is 0 Å². The summed E-state index contributed by atoms with van der Waals surface area (Å²) in [6, 6.07) is 0.845. The van der Waals surface area contributed by atoms with Gasteiger partial charge in [-0.05, 0) is 45.4 Å². The first-order valence-corrected chi connectivity index (χ1v) is 12.1. The molecular weight excluding hydrogens is 382 g/mol. The molecule has 0 aromatic heterocycles. The van der Waals surface area contributed by atoms with E-state index in [1.807, 2.05) is 23.6 Å². The highest BCUT2D eigenvalue weighted by Crippen LogP contribution is 2.44. The minimum absolute atomic E-state index is 0.0654. The van der Waals surface area contributed by atoms with Gasteiger partial charge in [-0.3, -0.25) is 14.5 Å². The summed E-state index contributed by atoms with van der Waals surface area (Å²) in [4.78, 5) is 32.3. The topological polar surface area (TPSA) is 62.3 Å². The van der Waals surface area contributed by atoms with E-state index in [9.17, 15) is 9.59 Å². The second kappa shape index (κ2) is 9.96. The zero-order valence-electron chi connectivity index (χ0n) is 18.8. The summed E-state index contributed by atoms with van der Waals surface area (Å²) >= 11 is 0. The van der Waals surface area contributed by atoms with Crippen LogP contribution in [-0.4, -0.2) is 97.2 Å². The van der Waals surface area contributed by atoms with E-state index >= 15 is 0 Å². The van der Waals surface area contributed by atoms with Crippen molar-refractivity contribution < 1.29 is 19.1 Å². The molecular formula is C23H39N3O4. The van der Waals surface area contributed by atoms with Gasteiger partial charge >= 0.3 is 0 Å². The maximum Gasteiger partial charge on any atom is 0.225 e. The Morgan fingerprint density at radius 3 is 2.40 bits per heavy atom. The Kier molecular flexibility index (Phi) is 7.32. The molecule has 4 rings (SSSR count). The third-order valence-corrected chi connectivity index (χ3v) is 7.82. The Labute approximate surface area is 181 Å². The van der Waals surface area contributed by atoms with Crippen molar-refractivity contribution in [2.75, 3.05) is 52.5 Å². The van der Waals surface area contributed by atoms with Crippen molar-refractivity contribution in [2.45, 2.75) is 70.6 Å². The molecule has 0 N–H and O–H groups in total. The number of hydrogen-bond acceptors (Lipinski definition) is 5. The lowest BCUT2D eigenvalue weighted by Crippen LogP contribution is -2.44. The average molecular weight is 422 g/mol. The highest BCUT2D eigenvalue weighted by molar-refractivity contribution is 5.77. The first kappa shape index (κ1) is 22.0. The van der Waals surface area contributed by atoms with Gasteiger partial charge in [0, 0.05) is 70.4 Å². The van der Waals surface area contributed by atoms with E-state index in [2.05, 4.69) is 4.90 Å².